The van der Waals surface area contributed by atoms with Crippen molar-refractivity contribution in [2.75, 3.05) is 4.90 Å². The maximum Gasteiger partial charge on any atom is 0.226 e. The van der Waals surface area contributed by atoms with Crippen molar-refractivity contribution in [2.24, 2.45) is 0 Å². The van der Waals surface area contributed by atoms with Crippen LogP contribution in [0.25, 0.3) is 0 Å². The van der Waals surface area contributed by atoms with Gasteiger partial charge in [-0.25, -0.2) is 9.97 Å². The van der Waals surface area contributed by atoms with E-state index < -0.39 is 0 Å². The molecular formula is C16H26N4. The Bertz CT molecular complexity index is 470. The maximum atomic E-state index is 4.78. The van der Waals surface area contributed by atoms with Gasteiger partial charge in [0.15, 0.2) is 0 Å². The van der Waals surface area contributed by atoms with E-state index in [2.05, 4.69) is 36.0 Å². The van der Waals surface area contributed by atoms with Crippen molar-refractivity contribution in [3.8, 4) is 0 Å². The fourth-order valence-electron chi connectivity index (χ4n) is 3.15. The number of aromatic nitrogens is 2. The molecule has 2 unspecified atom stereocenters. The van der Waals surface area contributed by atoms with Gasteiger partial charge in [0.05, 0.1) is 0 Å². The van der Waals surface area contributed by atoms with Crippen LogP contribution in [0.4, 0.5) is 5.95 Å². The normalized spacial score (nSPS) is 26.2. The lowest BCUT2D eigenvalue weighted by atomic mass is 10.2. The van der Waals surface area contributed by atoms with Crippen molar-refractivity contribution in [1.82, 2.24) is 15.3 Å². The quantitative estimate of drug-likeness (QED) is 0.896. The summed E-state index contributed by atoms with van der Waals surface area (Å²) in [6, 6.07) is 1.91. The summed E-state index contributed by atoms with van der Waals surface area (Å²) >= 11 is 0. The monoisotopic (exact) mass is 274 g/mol. The van der Waals surface area contributed by atoms with Crippen molar-refractivity contribution >= 4 is 5.95 Å². The molecule has 1 aliphatic carbocycles. The van der Waals surface area contributed by atoms with E-state index in [0.29, 0.717) is 12.1 Å². The van der Waals surface area contributed by atoms with Gasteiger partial charge < -0.3 is 10.2 Å². The fraction of sp³-hybridized carbons (Fsp3) is 0.750. The summed E-state index contributed by atoms with van der Waals surface area (Å²) in [5.74, 6) is 0.925. The van der Waals surface area contributed by atoms with Gasteiger partial charge in [-0.3, -0.25) is 0 Å². The third kappa shape index (κ3) is 2.80. The number of aryl methyl sites for hydroxylation is 1. The average Bonchev–Trinajstić information content (AvgIpc) is 3.19. The van der Waals surface area contributed by atoms with E-state index in [-0.39, 0.29) is 0 Å². The van der Waals surface area contributed by atoms with E-state index in [4.69, 9.17) is 4.98 Å². The predicted octanol–water partition coefficient (Wildman–Crippen LogP) is 2.80. The van der Waals surface area contributed by atoms with Crippen LogP contribution in [0.2, 0.25) is 0 Å². The molecule has 1 saturated carbocycles. The van der Waals surface area contributed by atoms with Crippen molar-refractivity contribution < 1.29 is 0 Å². The standard InChI is InChI=1S/C16H26N4/c1-4-15-8-5-11(2)20(15)16-18-10-13(12(3)19-16)9-17-14-6-7-14/h10-11,14-15,17H,4-9H2,1-3H3. The Labute approximate surface area is 122 Å². The minimum Gasteiger partial charge on any atom is -0.335 e. The lowest BCUT2D eigenvalue weighted by molar-refractivity contribution is 0.609. The summed E-state index contributed by atoms with van der Waals surface area (Å²) in [7, 11) is 0. The summed E-state index contributed by atoms with van der Waals surface area (Å²) < 4.78 is 0. The lowest BCUT2D eigenvalue weighted by Gasteiger charge is -2.28. The topological polar surface area (TPSA) is 41.1 Å². The maximum absolute atomic E-state index is 4.78. The molecule has 110 valence electrons. The molecule has 0 radical (unpaired) electrons. The zero-order valence-corrected chi connectivity index (χ0v) is 12.9. The van der Waals surface area contributed by atoms with Crippen LogP contribution in [0.5, 0.6) is 0 Å². The Morgan fingerprint density at radius 3 is 2.75 bits per heavy atom. The van der Waals surface area contributed by atoms with E-state index in [0.717, 1.165) is 24.2 Å². The Kier molecular flexibility index (Phi) is 3.92. The molecule has 2 fully saturated rings. The Hall–Kier alpha value is -1.16. The summed E-state index contributed by atoms with van der Waals surface area (Å²) in [5, 5.41) is 3.54. The second-order valence-electron chi connectivity index (χ2n) is 6.33. The molecule has 1 aromatic heterocycles. The Balaban J connectivity index is 1.74. The van der Waals surface area contributed by atoms with Crippen molar-refractivity contribution in [1.29, 1.82) is 0 Å². The molecule has 1 aliphatic heterocycles. The predicted molar refractivity (Wildman–Crippen MR) is 81.9 cm³/mol. The summed E-state index contributed by atoms with van der Waals surface area (Å²) in [5.41, 5.74) is 2.36. The fourth-order valence-corrected chi connectivity index (χ4v) is 3.15. The van der Waals surface area contributed by atoms with Gasteiger partial charge in [-0.15, -0.1) is 0 Å². The number of nitrogens with one attached hydrogen (secondary N) is 1. The van der Waals surface area contributed by atoms with Crippen LogP contribution < -0.4 is 10.2 Å². The lowest BCUT2D eigenvalue weighted by Crippen LogP contribution is -2.35. The van der Waals surface area contributed by atoms with Crippen LogP contribution in [-0.2, 0) is 6.54 Å². The van der Waals surface area contributed by atoms with Crippen LogP contribution in [0, 0.1) is 6.92 Å². The van der Waals surface area contributed by atoms with E-state index >= 15 is 0 Å². The first kappa shape index (κ1) is 13.8. The number of anilines is 1. The highest BCUT2D eigenvalue weighted by Gasteiger charge is 2.31. The number of hydrogen-bond donors (Lipinski definition) is 1. The molecule has 1 saturated heterocycles. The van der Waals surface area contributed by atoms with Crippen molar-refractivity contribution in [3.63, 3.8) is 0 Å². The summed E-state index contributed by atoms with van der Waals surface area (Å²) in [4.78, 5) is 11.8. The van der Waals surface area contributed by atoms with E-state index in [1.807, 2.05) is 6.20 Å². The largest absolute Gasteiger partial charge is 0.335 e. The zero-order chi connectivity index (χ0) is 14.1. The number of hydrogen-bond acceptors (Lipinski definition) is 4. The number of rotatable bonds is 5. The first-order valence-electron chi connectivity index (χ1n) is 8.03. The molecule has 0 aromatic carbocycles. The minimum atomic E-state index is 0.565. The molecule has 1 N–H and O–H groups in total. The van der Waals surface area contributed by atoms with Crippen LogP contribution in [0.1, 0.15) is 57.2 Å². The van der Waals surface area contributed by atoms with Crippen LogP contribution >= 0.6 is 0 Å². The Morgan fingerprint density at radius 2 is 2.10 bits per heavy atom. The first-order chi connectivity index (χ1) is 9.69. The Morgan fingerprint density at radius 1 is 1.30 bits per heavy atom. The molecule has 20 heavy (non-hydrogen) atoms. The average molecular weight is 274 g/mol. The van der Waals surface area contributed by atoms with Crippen LogP contribution in [0.3, 0.4) is 0 Å². The van der Waals surface area contributed by atoms with Gasteiger partial charge in [0.2, 0.25) is 5.95 Å². The molecule has 4 nitrogen and oxygen atoms in total. The molecule has 0 amide bonds. The highest BCUT2D eigenvalue weighted by Crippen LogP contribution is 2.30. The molecule has 2 atom stereocenters. The van der Waals surface area contributed by atoms with Gasteiger partial charge in [0.25, 0.3) is 0 Å². The highest BCUT2D eigenvalue weighted by atomic mass is 15.3. The smallest absolute Gasteiger partial charge is 0.226 e. The van der Waals surface area contributed by atoms with Crippen LogP contribution in [-0.4, -0.2) is 28.1 Å². The first-order valence-corrected chi connectivity index (χ1v) is 8.03. The van der Waals surface area contributed by atoms with E-state index in [1.54, 1.807) is 0 Å². The summed E-state index contributed by atoms with van der Waals surface area (Å²) in [6.07, 6.45) is 8.36. The van der Waals surface area contributed by atoms with Crippen molar-refractivity contribution in [2.45, 2.75) is 77.5 Å². The van der Waals surface area contributed by atoms with Gasteiger partial charge in [-0.1, -0.05) is 6.92 Å². The second-order valence-corrected chi connectivity index (χ2v) is 6.33. The molecule has 0 spiro atoms. The SMILES string of the molecule is CCC1CCC(C)N1c1ncc(CNC2CC2)c(C)n1. The van der Waals surface area contributed by atoms with Gasteiger partial charge in [0, 0.05) is 42.1 Å². The third-order valence-electron chi connectivity index (χ3n) is 4.71. The van der Waals surface area contributed by atoms with Gasteiger partial charge >= 0.3 is 0 Å². The zero-order valence-electron chi connectivity index (χ0n) is 12.9. The molecule has 2 heterocycles. The molecule has 1 aromatic rings. The summed E-state index contributed by atoms with van der Waals surface area (Å²) in [6.45, 7) is 7.56. The van der Waals surface area contributed by atoms with Gasteiger partial charge in [0.1, 0.15) is 0 Å². The molecule has 4 heteroatoms. The molecular weight excluding hydrogens is 248 g/mol. The number of nitrogens with zero attached hydrogens (tertiary/aromatic N) is 3. The van der Waals surface area contributed by atoms with E-state index in [9.17, 15) is 0 Å². The van der Waals surface area contributed by atoms with Crippen LogP contribution in [0.15, 0.2) is 6.20 Å². The molecule has 2 aliphatic rings. The van der Waals surface area contributed by atoms with E-state index in [1.165, 1.54) is 37.7 Å². The highest BCUT2D eigenvalue weighted by molar-refractivity contribution is 5.37. The third-order valence-corrected chi connectivity index (χ3v) is 4.71. The molecule has 3 rings (SSSR count). The van der Waals surface area contributed by atoms with Crippen molar-refractivity contribution in [3.05, 3.63) is 17.5 Å². The minimum absolute atomic E-state index is 0.565. The second kappa shape index (κ2) is 5.68. The van der Waals surface area contributed by atoms with Gasteiger partial charge in [-0.2, -0.15) is 0 Å². The molecule has 0 bridgehead atoms. The van der Waals surface area contributed by atoms with Gasteiger partial charge in [-0.05, 0) is 46.0 Å².